The molecular weight excluding hydrogens is 296 g/mol. The fraction of sp³-hybridized carbons (Fsp3) is 0.455. The molecule has 0 amide bonds. The summed E-state index contributed by atoms with van der Waals surface area (Å²) in [4.78, 5) is 0. The van der Waals surface area contributed by atoms with Gasteiger partial charge < -0.3 is 9.47 Å². The number of para-hydroxylation sites is 1. The Morgan fingerprint density at radius 3 is 2.17 bits per heavy atom. The van der Waals surface area contributed by atoms with E-state index >= 15 is 0 Å². The van der Waals surface area contributed by atoms with E-state index in [0.29, 0.717) is 5.92 Å². The van der Waals surface area contributed by atoms with Gasteiger partial charge in [-0.2, -0.15) is 0 Å². The molecule has 2 heteroatoms. The van der Waals surface area contributed by atoms with Crippen molar-refractivity contribution in [3.63, 3.8) is 0 Å². The minimum Gasteiger partial charge on any atom is -0.497 e. The van der Waals surface area contributed by atoms with Gasteiger partial charge in [-0.15, -0.1) is 0 Å². The molecule has 0 aliphatic heterocycles. The SMILES string of the molecule is CCCCCCCC(c1ccc(OC)cc1)c1ccccc1OC. The summed E-state index contributed by atoms with van der Waals surface area (Å²) in [6.07, 6.45) is 7.65. The molecule has 2 nitrogen and oxygen atoms in total. The van der Waals surface area contributed by atoms with E-state index in [4.69, 9.17) is 9.47 Å². The first kappa shape index (κ1) is 18.4. The van der Waals surface area contributed by atoms with Crippen LogP contribution in [0.5, 0.6) is 11.5 Å². The molecule has 0 radical (unpaired) electrons. The van der Waals surface area contributed by atoms with Crippen molar-refractivity contribution >= 4 is 0 Å². The molecule has 0 spiro atoms. The van der Waals surface area contributed by atoms with Gasteiger partial charge in [0.1, 0.15) is 11.5 Å². The van der Waals surface area contributed by atoms with Crippen LogP contribution in [0.4, 0.5) is 0 Å². The van der Waals surface area contributed by atoms with Crippen LogP contribution in [0.1, 0.15) is 62.5 Å². The van der Waals surface area contributed by atoms with Crippen LogP contribution in [0.2, 0.25) is 0 Å². The van der Waals surface area contributed by atoms with E-state index in [2.05, 4.69) is 49.4 Å². The highest BCUT2D eigenvalue weighted by molar-refractivity contribution is 5.43. The van der Waals surface area contributed by atoms with E-state index in [0.717, 1.165) is 17.9 Å². The first-order valence-electron chi connectivity index (χ1n) is 9.07. The van der Waals surface area contributed by atoms with Crippen molar-refractivity contribution in [3.8, 4) is 11.5 Å². The number of benzene rings is 2. The molecule has 0 aliphatic rings. The molecule has 2 aromatic carbocycles. The van der Waals surface area contributed by atoms with Gasteiger partial charge in [-0.25, -0.2) is 0 Å². The summed E-state index contributed by atoms with van der Waals surface area (Å²) < 4.78 is 10.9. The molecule has 1 unspecified atom stereocenters. The lowest BCUT2D eigenvalue weighted by Gasteiger charge is -2.21. The Hall–Kier alpha value is -1.96. The number of hydrogen-bond donors (Lipinski definition) is 0. The monoisotopic (exact) mass is 326 g/mol. The highest BCUT2D eigenvalue weighted by atomic mass is 16.5. The predicted octanol–water partition coefficient (Wildman–Crippen LogP) is 6.20. The van der Waals surface area contributed by atoms with E-state index in [-0.39, 0.29) is 0 Å². The summed E-state index contributed by atoms with van der Waals surface area (Å²) in [5.41, 5.74) is 2.61. The average Bonchev–Trinajstić information content (AvgIpc) is 2.65. The number of rotatable bonds is 10. The summed E-state index contributed by atoms with van der Waals surface area (Å²) in [6.45, 7) is 2.26. The van der Waals surface area contributed by atoms with Crippen LogP contribution in [0.15, 0.2) is 48.5 Å². The Bertz CT molecular complexity index is 589. The lowest BCUT2D eigenvalue weighted by Crippen LogP contribution is -2.04. The maximum Gasteiger partial charge on any atom is 0.122 e. The molecular formula is C22H30O2. The Morgan fingerprint density at radius 2 is 1.50 bits per heavy atom. The highest BCUT2D eigenvalue weighted by Gasteiger charge is 2.18. The average molecular weight is 326 g/mol. The normalized spacial score (nSPS) is 12.0. The molecule has 2 aromatic rings. The van der Waals surface area contributed by atoms with Crippen LogP contribution < -0.4 is 9.47 Å². The van der Waals surface area contributed by atoms with Crippen molar-refractivity contribution in [1.82, 2.24) is 0 Å². The number of hydrogen-bond acceptors (Lipinski definition) is 2. The van der Waals surface area contributed by atoms with Gasteiger partial charge in [0.05, 0.1) is 14.2 Å². The van der Waals surface area contributed by atoms with Gasteiger partial charge in [-0.1, -0.05) is 69.4 Å². The smallest absolute Gasteiger partial charge is 0.122 e. The minimum atomic E-state index is 0.369. The Balaban J connectivity index is 2.19. The second kappa shape index (κ2) is 10.0. The second-order valence-corrected chi connectivity index (χ2v) is 6.27. The quantitative estimate of drug-likeness (QED) is 0.484. The number of unbranched alkanes of at least 4 members (excludes halogenated alkanes) is 4. The Labute approximate surface area is 146 Å². The zero-order valence-electron chi connectivity index (χ0n) is 15.3. The fourth-order valence-electron chi connectivity index (χ4n) is 3.24. The van der Waals surface area contributed by atoms with Crippen molar-refractivity contribution in [1.29, 1.82) is 0 Å². The van der Waals surface area contributed by atoms with Gasteiger partial charge in [-0.05, 0) is 30.2 Å². The van der Waals surface area contributed by atoms with E-state index in [1.807, 2.05) is 6.07 Å². The van der Waals surface area contributed by atoms with Crippen LogP contribution in [0.25, 0.3) is 0 Å². The van der Waals surface area contributed by atoms with Crippen LogP contribution in [-0.4, -0.2) is 14.2 Å². The summed E-state index contributed by atoms with van der Waals surface area (Å²) in [5.74, 6) is 2.25. The van der Waals surface area contributed by atoms with Gasteiger partial charge in [0.25, 0.3) is 0 Å². The van der Waals surface area contributed by atoms with Crippen molar-refractivity contribution in [2.75, 3.05) is 14.2 Å². The summed E-state index contributed by atoms with van der Waals surface area (Å²) >= 11 is 0. The molecule has 2 rings (SSSR count). The molecule has 1 atom stereocenters. The van der Waals surface area contributed by atoms with E-state index in [1.165, 1.54) is 43.2 Å². The van der Waals surface area contributed by atoms with Crippen molar-refractivity contribution in [3.05, 3.63) is 59.7 Å². The van der Waals surface area contributed by atoms with Gasteiger partial charge in [0.15, 0.2) is 0 Å². The van der Waals surface area contributed by atoms with Gasteiger partial charge in [0.2, 0.25) is 0 Å². The first-order chi connectivity index (χ1) is 11.8. The van der Waals surface area contributed by atoms with E-state index in [9.17, 15) is 0 Å². The molecule has 0 saturated heterocycles. The maximum absolute atomic E-state index is 5.61. The Kier molecular flexibility index (Phi) is 7.67. The highest BCUT2D eigenvalue weighted by Crippen LogP contribution is 2.36. The third kappa shape index (κ3) is 5.02. The van der Waals surface area contributed by atoms with Crippen LogP contribution in [0, 0.1) is 0 Å². The van der Waals surface area contributed by atoms with Gasteiger partial charge in [0, 0.05) is 11.5 Å². The summed E-state index contributed by atoms with van der Waals surface area (Å²) in [5, 5.41) is 0. The van der Waals surface area contributed by atoms with Gasteiger partial charge >= 0.3 is 0 Å². The van der Waals surface area contributed by atoms with Crippen molar-refractivity contribution < 1.29 is 9.47 Å². The zero-order valence-corrected chi connectivity index (χ0v) is 15.3. The molecule has 0 aliphatic carbocycles. The lowest BCUT2D eigenvalue weighted by molar-refractivity contribution is 0.405. The van der Waals surface area contributed by atoms with Crippen molar-refractivity contribution in [2.24, 2.45) is 0 Å². The largest absolute Gasteiger partial charge is 0.497 e. The molecule has 0 aromatic heterocycles. The molecule has 0 saturated carbocycles. The molecule has 0 heterocycles. The Morgan fingerprint density at radius 1 is 0.792 bits per heavy atom. The predicted molar refractivity (Wildman–Crippen MR) is 101 cm³/mol. The standard InChI is InChI=1S/C22H30O2/c1-4-5-6-7-8-11-20(18-14-16-19(23-2)17-15-18)21-12-9-10-13-22(21)24-3/h9-10,12-17,20H,4-8,11H2,1-3H3. The topological polar surface area (TPSA) is 18.5 Å². The third-order valence-electron chi connectivity index (χ3n) is 4.63. The van der Waals surface area contributed by atoms with Crippen LogP contribution in [0.3, 0.4) is 0 Å². The van der Waals surface area contributed by atoms with E-state index < -0.39 is 0 Å². The van der Waals surface area contributed by atoms with E-state index in [1.54, 1.807) is 14.2 Å². The van der Waals surface area contributed by atoms with Crippen LogP contribution in [-0.2, 0) is 0 Å². The second-order valence-electron chi connectivity index (χ2n) is 6.27. The first-order valence-corrected chi connectivity index (χ1v) is 9.07. The molecule has 0 N–H and O–H groups in total. The summed E-state index contributed by atoms with van der Waals surface area (Å²) in [7, 11) is 3.46. The molecule has 0 bridgehead atoms. The fourth-order valence-corrected chi connectivity index (χ4v) is 3.24. The maximum atomic E-state index is 5.61. The molecule has 24 heavy (non-hydrogen) atoms. The number of methoxy groups -OCH3 is 2. The minimum absolute atomic E-state index is 0.369. The molecule has 0 fully saturated rings. The third-order valence-corrected chi connectivity index (χ3v) is 4.63. The lowest BCUT2D eigenvalue weighted by atomic mass is 9.86. The molecule has 130 valence electrons. The zero-order chi connectivity index (χ0) is 17.2. The van der Waals surface area contributed by atoms with Crippen molar-refractivity contribution in [2.45, 2.75) is 51.4 Å². The number of ether oxygens (including phenoxy) is 2. The van der Waals surface area contributed by atoms with Gasteiger partial charge in [-0.3, -0.25) is 0 Å². The summed E-state index contributed by atoms with van der Waals surface area (Å²) in [6, 6.07) is 16.9. The van der Waals surface area contributed by atoms with Crippen LogP contribution >= 0.6 is 0 Å².